The van der Waals surface area contributed by atoms with Crippen molar-refractivity contribution in [2.75, 3.05) is 0 Å². The summed E-state index contributed by atoms with van der Waals surface area (Å²) in [4.78, 5) is 0.736. The van der Waals surface area contributed by atoms with Crippen molar-refractivity contribution in [2.24, 2.45) is 0 Å². The first-order chi connectivity index (χ1) is 11.5. The Bertz CT molecular complexity index is 906. The molecule has 3 aromatic rings. The molecule has 0 saturated heterocycles. The summed E-state index contributed by atoms with van der Waals surface area (Å²) in [5.41, 5.74) is 0.615. The van der Waals surface area contributed by atoms with Gasteiger partial charge in [0, 0.05) is 4.88 Å². The predicted molar refractivity (Wildman–Crippen MR) is 89.3 cm³/mol. The second kappa shape index (κ2) is 6.80. The highest BCUT2D eigenvalue weighted by Gasteiger charge is 2.23. The third-order valence-corrected chi connectivity index (χ3v) is 5.80. The summed E-state index contributed by atoms with van der Waals surface area (Å²) >= 11 is 1.39. The van der Waals surface area contributed by atoms with E-state index in [-0.39, 0.29) is 4.90 Å². The van der Waals surface area contributed by atoms with E-state index in [9.17, 15) is 17.2 Å². The smallest absolute Gasteiger partial charge is 0.207 e. The minimum absolute atomic E-state index is 0.0347. The highest BCUT2D eigenvalue weighted by atomic mass is 32.2. The molecule has 0 amide bonds. The largest absolute Gasteiger partial charge is 0.241 e. The van der Waals surface area contributed by atoms with Crippen molar-refractivity contribution >= 4 is 21.4 Å². The first-order valence-electron chi connectivity index (χ1n) is 7.02. The summed E-state index contributed by atoms with van der Waals surface area (Å²) in [6.07, 6.45) is 0. The Balaban J connectivity index is 1.97. The van der Waals surface area contributed by atoms with E-state index < -0.39 is 27.7 Å². The van der Waals surface area contributed by atoms with Crippen molar-refractivity contribution < 1.29 is 17.2 Å². The van der Waals surface area contributed by atoms with E-state index in [1.807, 2.05) is 11.4 Å². The van der Waals surface area contributed by atoms with Crippen LogP contribution < -0.4 is 4.72 Å². The molecular weight excluding hydrogens is 352 g/mol. The van der Waals surface area contributed by atoms with Crippen LogP contribution in [0.5, 0.6) is 0 Å². The number of hydrogen-bond acceptors (Lipinski definition) is 3. The molecule has 1 aromatic heterocycles. The summed E-state index contributed by atoms with van der Waals surface area (Å²) in [7, 11) is -3.86. The van der Waals surface area contributed by atoms with Gasteiger partial charge in [-0.25, -0.2) is 17.2 Å². The molecule has 0 unspecified atom stereocenters. The number of thiophene rings is 1. The van der Waals surface area contributed by atoms with E-state index in [1.165, 1.54) is 47.7 Å². The number of sulfonamides is 1. The second-order valence-electron chi connectivity index (χ2n) is 5.08. The van der Waals surface area contributed by atoms with Crippen LogP contribution in [0.15, 0.2) is 70.9 Å². The van der Waals surface area contributed by atoms with Gasteiger partial charge in [-0.05, 0) is 53.4 Å². The van der Waals surface area contributed by atoms with Crippen molar-refractivity contribution in [3.8, 4) is 0 Å². The standard InChI is InChI=1S/C17H13F2NO2S2/c18-13-5-3-12(4-6-13)17(16-2-1-11-23-16)20-24(21,22)15-9-7-14(19)8-10-15/h1-11,17,20H/t17-/m1/s1. The van der Waals surface area contributed by atoms with Gasteiger partial charge in [0.25, 0.3) is 0 Å². The fourth-order valence-corrected chi connectivity index (χ4v) is 4.32. The molecule has 3 nitrogen and oxygen atoms in total. The SMILES string of the molecule is O=S(=O)(N[C@H](c1ccc(F)cc1)c1cccs1)c1ccc(F)cc1. The monoisotopic (exact) mass is 365 g/mol. The van der Waals surface area contributed by atoms with Crippen molar-refractivity contribution in [1.82, 2.24) is 4.72 Å². The normalized spacial score (nSPS) is 12.9. The van der Waals surface area contributed by atoms with E-state index in [0.717, 1.165) is 17.0 Å². The van der Waals surface area contributed by atoms with Gasteiger partial charge < -0.3 is 0 Å². The lowest BCUT2D eigenvalue weighted by Crippen LogP contribution is -2.29. The fraction of sp³-hybridized carbons (Fsp3) is 0.0588. The maximum Gasteiger partial charge on any atom is 0.241 e. The van der Waals surface area contributed by atoms with E-state index in [4.69, 9.17) is 0 Å². The molecule has 0 radical (unpaired) electrons. The van der Waals surface area contributed by atoms with Crippen molar-refractivity contribution in [2.45, 2.75) is 10.9 Å². The third kappa shape index (κ3) is 3.69. The van der Waals surface area contributed by atoms with E-state index in [0.29, 0.717) is 5.56 Å². The molecule has 1 atom stereocenters. The zero-order chi connectivity index (χ0) is 17.2. The molecule has 24 heavy (non-hydrogen) atoms. The quantitative estimate of drug-likeness (QED) is 0.740. The molecule has 1 heterocycles. The van der Waals surface area contributed by atoms with Gasteiger partial charge in [0.2, 0.25) is 10.0 Å². The predicted octanol–water partition coefficient (Wildman–Crippen LogP) is 4.09. The van der Waals surface area contributed by atoms with Crippen molar-refractivity contribution in [3.63, 3.8) is 0 Å². The van der Waals surface area contributed by atoms with E-state index in [2.05, 4.69) is 4.72 Å². The molecule has 1 N–H and O–H groups in total. The molecule has 2 aromatic carbocycles. The lowest BCUT2D eigenvalue weighted by atomic mass is 10.1. The van der Waals surface area contributed by atoms with Gasteiger partial charge >= 0.3 is 0 Å². The summed E-state index contributed by atoms with van der Waals surface area (Å²) in [6.45, 7) is 0. The lowest BCUT2D eigenvalue weighted by molar-refractivity contribution is 0.572. The number of benzene rings is 2. The Labute approximate surface area is 142 Å². The van der Waals surface area contributed by atoms with Gasteiger partial charge in [-0.2, -0.15) is 4.72 Å². The number of halogens is 2. The fourth-order valence-electron chi connectivity index (χ4n) is 2.24. The van der Waals surface area contributed by atoms with E-state index in [1.54, 1.807) is 6.07 Å². The third-order valence-electron chi connectivity index (χ3n) is 3.43. The average molecular weight is 365 g/mol. The highest BCUT2D eigenvalue weighted by molar-refractivity contribution is 7.89. The molecule has 0 spiro atoms. The summed E-state index contributed by atoms with van der Waals surface area (Å²) in [5.74, 6) is -0.910. The van der Waals surface area contributed by atoms with Crippen LogP contribution in [-0.2, 0) is 10.0 Å². The van der Waals surface area contributed by atoms with E-state index >= 15 is 0 Å². The topological polar surface area (TPSA) is 46.2 Å². The van der Waals surface area contributed by atoms with Crippen LogP contribution in [0, 0.1) is 11.6 Å². The Hall–Kier alpha value is -2.09. The highest BCUT2D eigenvalue weighted by Crippen LogP contribution is 2.28. The molecule has 0 saturated carbocycles. The molecular formula is C17H13F2NO2S2. The van der Waals surface area contributed by atoms with Gasteiger partial charge in [-0.15, -0.1) is 11.3 Å². The van der Waals surface area contributed by atoms with Crippen LogP contribution >= 0.6 is 11.3 Å². The zero-order valence-corrected chi connectivity index (χ0v) is 14.0. The zero-order valence-electron chi connectivity index (χ0n) is 12.3. The van der Waals surface area contributed by atoms with Gasteiger partial charge in [0.05, 0.1) is 10.9 Å². The maximum atomic E-state index is 13.2. The number of rotatable bonds is 5. The molecule has 124 valence electrons. The Morgan fingerprint density at radius 3 is 2.00 bits per heavy atom. The molecule has 0 aliphatic carbocycles. The van der Waals surface area contributed by atoms with Gasteiger partial charge in [-0.3, -0.25) is 0 Å². The van der Waals surface area contributed by atoms with Crippen LogP contribution in [0.1, 0.15) is 16.5 Å². The lowest BCUT2D eigenvalue weighted by Gasteiger charge is -2.18. The van der Waals surface area contributed by atoms with Crippen LogP contribution in [-0.4, -0.2) is 8.42 Å². The van der Waals surface area contributed by atoms with Crippen molar-refractivity contribution in [1.29, 1.82) is 0 Å². The average Bonchev–Trinajstić information content (AvgIpc) is 3.08. The Kier molecular flexibility index (Phi) is 4.75. The van der Waals surface area contributed by atoms with Crippen LogP contribution in [0.3, 0.4) is 0 Å². The van der Waals surface area contributed by atoms with Gasteiger partial charge in [0.15, 0.2) is 0 Å². The molecule has 3 rings (SSSR count). The Morgan fingerprint density at radius 1 is 0.875 bits per heavy atom. The summed E-state index contributed by atoms with van der Waals surface area (Å²) in [6, 6.07) is 13.2. The van der Waals surface area contributed by atoms with Crippen LogP contribution in [0.25, 0.3) is 0 Å². The maximum absolute atomic E-state index is 13.2. The van der Waals surface area contributed by atoms with Gasteiger partial charge in [0.1, 0.15) is 11.6 Å². The minimum atomic E-state index is -3.86. The van der Waals surface area contributed by atoms with Crippen LogP contribution in [0.4, 0.5) is 8.78 Å². The summed E-state index contributed by atoms with van der Waals surface area (Å²) in [5, 5.41) is 1.83. The molecule has 0 aliphatic rings. The number of hydrogen-bond donors (Lipinski definition) is 1. The molecule has 0 fully saturated rings. The molecule has 7 heteroatoms. The molecule has 0 aliphatic heterocycles. The minimum Gasteiger partial charge on any atom is -0.207 e. The Morgan fingerprint density at radius 2 is 1.46 bits per heavy atom. The second-order valence-corrected chi connectivity index (χ2v) is 7.77. The van der Waals surface area contributed by atoms with Crippen LogP contribution in [0.2, 0.25) is 0 Å². The molecule has 0 bridgehead atoms. The van der Waals surface area contributed by atoms with Gasteiger partial charge in [-0.1, -0.05) is 18.2 Å². The van der Waals surface area contributed by atoms with Crippen molar-refractivity contribution in [3.05, 3.63) is 88.1 Å². The first kappa shape index (κ1) is 16.8. The number of nitrogens with one attached hydrogen (secondary N) is 1. The first-order valence-corrected chi connectivity index (χ1v) is 9.39. The summed E-state index contributed by atoms with van der Waals surface area (Å²) < 4.78 is 54.0.